The molecular weight excluding hydrogens is 679 g/mol. The number of nitrogens with two attached hydrogens (primary N) is 3. The van der Waals surface area contributed by atoms with Crippen LogP contribution in [0.4, 0.5) is 17.6 Å². The van der Waals surface area contributed by atoms with E-state index in [2.05, 4.69) is 45.5 Å². The van der Waals surface area contributed by atoms with Gasteiger partial charge in [-0.05, 0) is 48.9 Å². The van der Waals surface area contributed by atoms with Crippen LogP contribution in [0.25, 0.3) is 55.7 Å². The van der Waals surface area contributed by atoms with Crippen LogP contribution < -0.4 is 17.2 Å². The lowest BCUT2D eigenvalue weighted by Crippen LogP contribution is -2.06. The summed E-state index contributed by atoms with van der Waals surface area (Å²) in [4.78, 5) is 26.2. The molecule has 256 valence electrons. The van der Waals surface area contributed by atoms with Gasteiger partial charge in [0.05, 0.1) is 24.5 Å². The van der Waals surface area contributed by atoms with Crippen molar-refractivity contribution in [2.24, 2.45) is 0 Å². The second-order valence-electron chi connectivity index (χ2n) is 11.6. The summed E-state index contributed by atoms with van der Waals surface area (Å²) in [5.41, 5.74) is 25.4. The van der Waals surface area contributed by atoms with E-state index in [0.29, 0.717) is 58.3 Å². The summed E-state index contributed by atoms with van der Waals surface area (Å²) in [6.07, 6.45) is 1.71. The van der Waals surface area contributed by atoms with Gasteiger partial charge < -0.3 is 21.6 Å². The third kappa shape index (κ3) is 6.58. The standard InChI is InChI=1S/C21H17N7O.C14H12N8S/c1-13-10-11-17(29-13)18-19-20(25-21(22)24-18)28(27-26-19)12-15-8-5-9-16(23-15)14-6-3-2-4-7-14;15-9-3-1-2-8(6-9)7-22-12-10(20-21-22)11(18-14(16)19-12)13-17-4-5-23-13/h2-11H,12H2,1H3,(H2,22,24,25);1-6H,7,15H2,(H2,16,18,19). The normalized spacial score (nSPS) is 11.2. The molecule has 0 bridgehead atoms. The van der Waals surface area contributed by atoms with Crippen molar-refractivity contribution in [2.45, 2.75) is 20.0 Å². The molecule has 0 fully saturated rings. The van der Waals surface area contributed by atoms with E-state index in [4.69, 9.17) is 26.6 Å². The molecular formula is C35H29N15OS. The van der Waals surface area contributed by atoms with Gasteiger partial charge in [0.1, 0.15) is 22.2 Å². The molecule has 9 aromatic rings. The molecule has 0 aliphatic carbocycles. The first-order chi connectivity index (χ1) is 25.4. The van der Waals surface area contributed by atoms with Gasteiger partial charge in [-0.15, -0.1) is 21.5 Å². The number of hydrogen-bond donors (Lipinski definition) is 3. The predicted molar refractivity (Wildman–Crippen MR) is 197 cm³/mol. The van der Waals surface area contributed by atoms with Gasteiger partial charge in [-0.25, -0.2) is 24.3 Å². The molecule has 2 aromatic carbocycles. The molecule has 0 atom stereocenters. The number of nitrogen functional groups attached to an aromatic ring is 3. The Hall–Kier alpha value is -7.14. The Morgan fingerprint density at radius 1 is 0.692 bits per heavy atom. The Balaban J connectivity index is 0.000000153. The number of furan rings is 1. The highest BCUT2D eigenvalue weighted by Crippen LogP contribution is 2.28. The molecule has 0 unspecified atom stereocenters. The van der Waals surface area contributed by atoms with Crippen LogP contribution in [0.1, 0.15) is 17.0 Å². The highest BCUT2D eigenvalue weighted by Gasteiger charge is 2.19. The lowest BCUT2D eigenvalue weighted by Gasteiger charge is -2.06. The molecule has 0 radical (unpaired) electrons. The number of hydrogen-bond acceptors (Lipinski definition) is 15. The fourth-order valence-corrected chi connectivity index (χ4v) is 6.16. The molecule has 16 nitrogen and oxygen atoms in total. The Kier molecular flexibility index (Phi) is 8.42. The van der Waals surface area contributed by atoms with Crippen LogP contribution in [-0.4, -0.2) is 59.9 Å². The van der Waals surface area contributed by atoms with E-state index in [9.17, 15) is 0 Å². The van der Waals surface area contributed by atoms with E-state index in [1.54, 1.807) is 15.6 Å². The third-order valence-corrected chi connectivity index (χ3v) is 8.62. The summed E-state index contributed by atoms with van der Waals surface area (Å²) in [5, 5.41) is 19.5. The van der Waals surface area contributed by atoms with Crippen LogP contribution in [0.5, 0.6) is 0 Å². The summed E-state index contributed by atoms with van der Waals surface area (Å²) in [7, 11) is 0. The van der Waals surface area contributed by atoms with Crippen molar-refractivity contribution >= 4 is 51.2 Å². The quantitative estimate of drug-likeness (QED) is 0.184. The van der Waals surface area contributed by atoms with Gasteiger partial charge in [0.25, 0.3) is 0 Å². The number of nitrogens with zero attached hydrogens (tertiary/aromatic N) is 12. The summed E-state index contributed by atoms with van der Waals surface area (Å²) in [6.45, 7) is 2.77. The molecule has 0 spiro atoms. The monoisotopic (exact) mass is 707 g/mol. The van der Waals surface area contributed by atoms with Gasteiger partial charge in [-0.3, -0.25) is 4.98 Å². The first kappa shape index (κ1) is 32.1. The maximum absolute atomic E-state index is 5.94. The third-order valence-electron chi connectivity index (χ3n) is 7.84. The van der Waals surface area contributed by atoms with Crippen molar-refractivity contribution in [3.63, 3.8) is 0 Å². The minimum atomic E-state index is 0.135. The molecule has 7 heterocycles. The highest BCUT2D eigenvalue weighted by atomic mass is 32.1. The van der Waals surface area contributed by atoms with Crippen LogP contribution in [0.2, 0.25) is 0 Å². The Morgan fingerprint density at radius 2 is 1.40 bits per heavy atom. The largest absolute Gasteiger partial charge is 0.460 e. The molecule has 0 amide bonds. The van der Waals surface area contributed by atoms with E-state index in [-0.39, 0.29) is 11.9 Å². The van der Waals surface area contributed by atoms with E-state index in [1.807, 2.05) is 97.2 Å². The second kappa shape index (κ2) is 13.6. The molecule has 6 N–H and O–H groups in total. The van der Waals surface area contributed by atoms with Gasteiger partial charge in [-0.2, -0.15) is 9.97 Å². The summed E-state index contributed by atoms with van der Waals surface area (Å²) in [5.74, 6) is 1.66. The van der Waals surface area contributed by atoms with Crippen molar-refractivity contribution in [3.8, 4) is 33.4 Å². The van der Waals surface area contributed by atoms with Gasteiger partial charge in [0.2, 0.25) is 11.9 Å². The van der Waals surface area contributed by atoms with Gasteiger partial charge in [0.15, 0.2) is 28.1 Å². The van der Waals surface area contributed by atoms with Crippen LogP contribution in [0.3, 0.4) is 0 Å². The number of benzene rings is 2. The lowest BCUT2D eigenvalue weighted by molar-refractivity contribution is 0.547. The molecule has 0 aliphatic heterocycles. The van der Waals surface area contributed by atoms with E-state index >= 15 is 0 Å². The number of rotatable bonds is 7. The van der Waals surface area contributed by atoms with E-state index in [0.717, 1.165) is 33.3 Å². The number of anilines is 3. The maximum atomic E-state index is 5.94. The molecule has 17 heteroatoms. The fourth-order valence-electron chi connectivity index (χ4n) is 5.54. The molecule has 52 heavy (non-hydrogen) atoms. The average molecular weight is 708 g/mol. The van der Waals surface area contributed by atoms with Crippen LogP contribution in [0.15, 0.2) is 101 Å². The highest BCUT2D eigenvalue weighted by molar-refractivity contribution is 7.13. The fraction of sp³-hybridized carbons (Fsp3) is 0.0857. The summed E-state index contributed by atoms with van der Waals surface area (Å²) in [6, 6.07) is 27.2. The van der Waals surface area contributed by atoms with Crippen LogP contribution in [-0.2, 0) is 13.1 Å². The predicted octanol–water partition coefficient (Wildman–Crippen LogP) is 5.04. The van der Waals surface area contributed by atoms with Gasteiger partial charge >= 0.3 is 0 Å². The Morgan fingerprint density at radius 3 is 2.10 bits per heavy atom. The molecule has 0 saturated heterocycles. The van der Waals surface area contributed by atoms with Crippen molar-refractivity contribution < 1.29 is 4.42 Å². The van der Waals surface area contributed by atoms with Crippen molar-refractivity contribution in [2.75, 3.05) is 17.2 Å². The summed E-state index contributed by atoms with van der Waals surface area (Å²) >= 11 is 1.46. The first-order valence-corrected chi connectivity index (χ1v) is 16.8. The lowest BCUT2D eigenvalue weighted by atomic mass is 10.1. The maximum Gasteiger partial charge on any atom is 0.222 e. The second-order valence-corrected chi connectivity index (χ2v) is 12.5. The number of pyridine rings is 1. The zero-order chi connectivity index (χ0) is 35.6. The van der Waals surface area contributed by atoms with Gasteiger partial charge in [0, 0.05) is 22.8 Å². The smallest absolute Gasteiger partial charge is 0.222 e. The van der Waals surface area contributed by atoms with Crippen LogP contribution in [0, 0.1) is 6.92 Å². The minimum absolute atomic E-state index is 0.135. The summed E-state index contributed by atoms with van der Waals surface area (Å²) < 4.78 is 9.04. The van der Waals surface area contributed by atoms with Crippen LogP contribution >= 0.6 is 11.3 Å². The first-order valence-electron chi connectivity index (χ1n) is 15.9. The zero-order valence-corrected chi connectivity index (χ0v) is 28.4. The number of aromatic nitrogens is 12. The van der Waals surface area contributed by atoms with Crippen molar-refractivity contribution in [1.82, 2.24) is 59.9 Å². The van der Waals surface area contributed by atoms with Crippen molar-refractivity contribution in [1.29, 1.82) is 0 Å². The molecule has 0 saturated carbocycles. The Bertz CT molecular complexity index is 2650. The van der Waals surface area contributed by atoms with E-state index in [1.165, 1.54) is 11.3 Å². The van der Waals surface area contributed by atoms with E-state index < -0.39 is 0 Å². The molecule has 0 aliphatic rings. The Labute approximate surface area is 299 Å². The van der Waals surface area contributed by atoms with Crippen molar-refractivity contribution in [3.05, 3.63) is 114 Å². The average Bonchev–Trinajstić information content (AvgIpc) is 3.98. The number of thiazole rings is 1. The zero-order valence-electron chi connectivity index (χ0n) is 27.6. The molecule has 7 aromatic heterocycles. The minimum Gasteiger partial charge on any atom is -0.460 e. The number of aryl methyl sites for hydroxylation is 1. The molecule has 9 rings (SSSR count). The SMILES string of the molecule is Cc1ccc(-c2nc(N)nc3c2nnn3Cc2cccc(-c3ccccc3)n2)o1.Nc1cccc(Cn2nnc3c(-c4nccs4)nc(N)nc32)c1. The van der Waals surface area contributed by atoms with Gasteiger partial charge in [-0.1, -0.05) is 59.0 Å². The number of fused-ring (bicyclic) bond motifs is 2. The topological polar surface area (TPSA) is 230 Å².